The molecule has 0 atom stereocenters. The molecule has 3 aromatic rings. The second-order valence-corrected chi connectivity index (χ2v) is 5.83. The van der Waals surface area contributed by atoms with Gasteiger partial charge in [0.1, 0.15) is 11.9 Å². The number of fused-ring (bicyclic) bond motifs is 1. The van der Waals surface area contributed by atoms with Crippen LogP contribution >= 0.6 is 0 Å². The molecule has 0 unspecified atom stereocenters. The molecular formula is C18H20ClN3O2. The molecule has 0 aliphatic carbocycles. The third-order valence-electron chi connectivity index (χ3n) is 3.79. The molecule has 0 aliphatic rings. The summed E-state index contributed by atoms with van der Waals surface area (Å²) in [5.41, 5.74) is 4.50. The van der Waals surface area contributed by atoms with Gasteiger partial charge in [0.25, 0.3) is 5.65 Å². The van der Waals surface area contributed by atoms with Crippen LogP contribution in [-0.2, 0) is 7.05 Å². The Morgan fingerprint density at radius 3 is 2.38 bits per heavy atom. The van der Waals surface area contributed by atoms with Crippen LogP contribution in [0.1, 0.15) is 5.56 Å². The summed E-state index contributed by atoms with van der Waals surface area (Å²) in [6, 6.07) is 11.7. The lowest BCUT2D eigenvalue weighted by molar-refractivity contribution is -0.510. The fraction of sp³-hybridized carbons (Fsp3) is 0.222. The van der Waals surface area contributed by atoms with Gasteiger partial charge in [-0.25, -0.2) is 13.8 Å². The number of nitrogens with zero attached hydrogens (tertiary/aromatic N) is 3. The number of aryl methyl sites for hydroxylation is 2. The fourth-order valence-electron chi connectivity index (χ4n) is 2.50. The maximum atomic E-state index is 11.6. The molecule has 0 fully saturated rings. The van der Waals surface area contributed by atoms with Crippen LogP contribution in [-0.4, -0.2) is 29.7 Å². The van der Waals surface area contributed by atoms with Crippen LogP contribution in [0, 0.1) is 6.92 Å². The number of halogens is 1. The van der Waals surface area contributed by atoms with Gasteiger partial charge < -0.3 is 22.0 Å². The average molecular weight is 346 g/mol. The fourth-order valence-corrected chi connectivity index (χ4v) is 2.50. The molecule has 1 amide bonds. The quantitative estimate of drug-likeness (QED) is 0.604. The van der Waals surface area contributed by atoms with Crippen molar-refractivity contribution in [1.29, 1.82) is 0 Å². The monoisotopic (exact) mass is 345 g/mol. The normalized spacial score (nSPS) is 10.3. The number of hydrogen-bond donors (Lipinski definition) is 0. The molecule has 0 spiro atoms. The van der Waals surface area contributed by atoms with Gasteiger partial charge in [0.15, 0.2) is 5.69 Å². The number of rotatable bonds is 2. The molecule has 3 rings (SSSR count). The summed E-state index contributed by atoms with van der Waals surface area (Å²) < 4.78 is 9.50. The Balaban J connectivity index is 0.00000208. The predicted octanol–water partition coefficient (Wildman–Crippen LogP) is -0.196. The molecule has 126 valence electrons. The second kappa shape index (κ2) is 6.93. The number of amides is 1. The lowest BCUT2D eigenvalue weighted by Crippen LogP contribution is -3.00. The molecule has 2 aromatic heterocycles. The summed E-state index contributed by atoms with van der Waals surface area (Å²) in [6.45, 7) is 2.08. The van der Waals surface area contributed by atoms with Gasteiger partial charge >= 0.3 is 6.09 Å². The highest BCUT2D eigenvalue weighted by molar-refractivity contribution is 5.70. The van der Waals surface area contributed by atoms with Crippen molar-refractivity contribution < 1.29 is 26.3 Å². The van der Waals surface area contributed by atoms with Crippen molar-refractivity contribution in [2.45, 2.75) is 6.92 Å². The zero-order valence-electron chi connectivity index (χ0n) is 14.2. The maximum absolute atomic E-state index is 11.6. The van der Waals surface area contributed by atoms with E-state index in [2.05, 4.69) is 40.4 Å². The summed E-state index contributed by atoms with van der Waals surface area (Å²) in [5, 5.41) is 0. The number of aromatic nitrogens is 2. The van der Waals surface area contributed by atoms with Crippen molar-refractivity contribution in [1.82, 2.24) is 9.47 Å². The van der Waals surface area contributed by atoms with Crippen molar-refractivity contribution in [2.75, 3.05) is 14.1 Å². The number of carbonyl (C=O) groups is 1. The zero-order chi connectivity index (χ0) is 16.6. The molecule has 1 aromatic carbocycles. The standard InChI is InChI=1S/C18H20N3O2.ClH/c1-13-5-10-17-20(4)16(12-21(17)11-13)14-6-8-15(9-7-14)23-18(22)19(2)3;/h5-12H,1-4H3;1H/q+1;/p-1. The van der Waals surface area contributed by atoms with Gasteiger partial charge in [-0.15, -0.1) is 0 Å². The topological polar surface area (TPSA) is 38.6 Å². The van der Waals surface area contributed by atoms with Gasteiger partial charge in [-0.3, -0.25) is 0 Å². The highest BCUT2D eigenvalue weighted by atomic mass is 35.5. The minimum absolute atomic E-state index is 0. The zero-order valence-corrected chi connectivity index (χ0v) is 14.9. The molecule has 6 heteroatoms. The number of imidazole rings is 1. The Labute approximate surface area is 147 Å². The van der Waals surface area contributed by atoms with E-state index in [4.69, 9.17) is 4.74 Å². The molecule has 0 bridgehead atoms. The highest BCUT2D eigenvalue weighted by Gasteiger charge is 2.16. The van der Waals surface area contributed by atoms with Crippen LogP contribution in [0.4, 0.5) is 4.79 Å². The van der Waals surface area contributed by atoms with Crippen LogP contribution in [0.25, 0.3) is 16.9 Å². The van der Waals surface area contributed by atoms with Gasteiger partial charge in [0.2, 0.25) is 0 Å². The lowest BCUT2D eigenvalue weighted by Gasteiger charge is -2.10. The van der Waals surface area contributed by atoms with Gasteiger partial charge in [-0.1, -0.05) is 0 Å². The Kier molecular flexibility index (Phi) is 5.14. The third-order valence-corrected chi connectivity index (χ3v) is 3.79. The van der Waals surface area contributed by atoms with Crippen LogP contribution in [0.2, 0.25) is 0 Å². The van der Waals surface area contributed by atoms with E-state index >= 15 is 0 Å². The van der Waals surface area contributed by atoms with Crippen LogP contribution < -0.4 is 21.5 Å². The molecule has 24 heavy (non-hydrogen) atoms. The van der Waals surface area contributed by atoms with E-state index in [-0.39, 0.29) is 18.5 Å². The SMILES string of the molecule is Cc1ccc2n(C)c(-c3ccc(OC(=O)N(C)C)cc3)c[n+]2c1.[Cl-]. The van der Waals surface area contributed by atoms with Crippen LogP contribution in [0.3, 0.4) is 0 Å². The first-order valence-corrected chi connectivity index (χ1v) is 7.42. The molecule has 0 aliphatic heterocycles. The molecule has 0 radical (unpaired) electrons. The van der Waals surface area contributed by atoms with Crippen molar-refractivity contribution >= 4 is 11.7 Å². The number of hydrogen-bond acceptors (Lipinski definition) is 2. The van der Waals surface area contributed by atoms with Crippen molar-refractivity contribution in [3.8, 4) is 17.0 Å². The van der Waals surface area contributed by atoms with Gasteiger partial charge in [-0.2, -0.15) is 0 Å². The Hall–Kier alpha value is -2.53. The first-order chi connectivity index (χ1) is 11.0. The minimum Gasteiger partial charge on any atom is -1.00 e. The van der Waals surface area contributed by atoms with E-state index in [1.165, 1.54) is 10.5 Å². The number of ether oxygens (including phenoxy) is 1. The molecule has 0 saturated heterocycles. The molecule has 5 nitrogen and oxygen atoms in total. The van der Waals surface area contributed by atoms with Crippen LogP contribution in [0.5, 0.6) is 5.75 Å². The summed E-state index contributed by atoms with van der Waals surface area (Å²) in [6.07, 6.45) is 3.82. The molecular weight excluding hydrogens is 326 g/mol. The largest absolute Gasteiger partial charge is 1.00 e. The summed E-state index contributed by atoms with van der Waals surface area (Å²) in [4.78, 5) is 13.0. The van der Waals surface area contributed by atoms with Crippen molar-refractivity contribution in [3.05, 3.63) is 54.4 Å². The van der Waals surface area contributed by atoms with Crippen LogP contribution in [0.15, 0.2) is 48.8 Å². The summed E-state index contributed by atoms with van der Waals surface area (Å²) in [5.74, 6) is 0.537. The van der Waals surface area contributed by atoms with Gasteiger partial charge in [-0.05, 0) is 42.8 Å². The predicted molar refractivity (Wildman–Crippen MR) is 88.5 cm³/mol. The summed E-state index contributed by atoms with van der Waals surface area (Å²) >= 11 is 0. The minimum atomic E-state index is -0.381. The van der Waals surface area contributed by atoms with E-state index in [1.54, 1.807) is 14.1 Å². The van der Waals surface area contributed by atoms with Gasteiger partial charge in [0, 0.05) is 25.7 Å². The Morgan fingerprint density at radius 2 is 1.75 bits per heavy atom. The van der Waals surface area contributed by atoms with E-state index < -0.39 is 0 Å². The highest BCUT2D eigenvalue weighted by Crippen LogP contribution is 2.23. The number of pyridine rings is 1. The number of carbonyl (C=O) groups excluding carboxylic acids is 1. The molecule has 2 heterocycles. The smallest absolute Gasteiger partial charge is 0.414 e. The Morgan fingerprint density at radius 1 is 1.08 bits per heavy atom. The third kappa shape index (κ3) is 3.36. The van der Waals surface area contributed by atoms with E-state index in [0.29, 0.717) is 5.75 Å². The summed E-state index contributed by atoms with van der Waals surface area (Å²) in [7, 11) is 5.36. The van der Waals surface area contributed by atoms with E-state index in [9.17, 15) is 4.79 Å². The Bertz CT molecular complexity index is 870. The lowest BCUT2D eigenvalue weighted by atomic mass is 10.1. The first kappa shape index (κ1) is 17.8. The van der Waals surface area contributed by atoms with Gasteiger partial charge in [0.05, 0.1) is 13.2 Å². The molecule has 0 saturated carbocycles. The number of benzene rings is 1. The van der Waals surface area contributed by atoms with E-state index in [1.807, 2.05) is 31.3 Å². The van der Waals surface area contributed by atoms with Crippen molar-refractivity contribution in [3.63, 3.8) is 0 Å². The van der Waals surface area contributed by atoms with E-state index in [0.717, 1.165) is 16.9 Å². The molecule has 0 N–H and O–H groups in total. The maximum Gasteiger partial charge on any atom is 0.414 e. The average Bonchev–Trinajstić information content (AvgIpc) is 2.84. The second-order valence-electron chi connectivity index (χ2n) is 5.83. The first-order valence-electron chi connectivity index (χ1n) is 7.42. The van der Waals surface area contributed by atoms with Crippen molar-refractivity contribution in [2.24, 2.45) is 7.05 Å².